The molecule has 0 spiro atoms. The average molecular weight is 408 g/mol. The summed E-state index contributed by atoms with van der Waals surface area (Å²) < 4.78 is 0. The Morgan fingerprint density at radius 3 is 2.68 bits per heavy atom. The molecule has 0 aliphatic heterocycles. The van der Waals surface area contributed by atoms with Gasteiger partial charge in [-0.05, 0) is 22.9 Å². The fourth-order valence-corrected chi connectivity index (χ4v) is 4.50. The third kappa shape index (κ3) is 3.81. The van der Waals surface area contributed by atoms with Crippen molar-refractivity contribution in [3.8, 4) is 9.88 Å². The fourth-order valence-electron chi connectivity index (χ4n) is 2.89. The van der Waals surface area contributed by atoms with Gasteiger partial charge < -0.3 is 10.2 Å². The van der Waals surface area contributed by atoms with Crippen molar-refractivity contribution in [3.05, 3.63) is 71.1 Å². The van der Waals surface area contributed by atoms with E-state index in [4.69, 9.17) is 0 Å². The Bertz CT molecular complexity index is 1130. The zero-order chi connectivity index (χ0) is 19.5. The van der Waals surface area contributed by atoms with E-state index in [0.717, 1.165) is 26.3 Å². The second kappa shape index (κ2) is 7.92. The second-order valence-electron chi connectivity index (χ2n) is 6.25. The van der Waals surface area contributed by atoms with Crippen LogP contribution in [0.2, 0.25) is 0 Å². The maximum atomic E-state index is 12.6. The molecule has 7 heteroatoms. The second-order valence-corrected chi connectivity index (χ2v) is 8.06. The van der Waals surface area contributed by atoms with Crippen LogP contribution in [-0.4, -0.2) is 35.3 Å². The van der Waals surface area contributed by atoms with Crippen molar-refractivity contribution in [2.75, 3.05) is 18.9 Å². The number of fused-ring (bicyclic) bond motifs is 1. The first kappa shape index (κ1) is 18.3. The Labute approximate surface area is 170 Å². The number of nitrogens with zero attached hydrogens (tertiary/aromatic N) is 2. The van der Waals surface area contributed by atoms with E-state index in [-0.39, 0.29) is 18.4 Å². The molecule has 2 amide bonds. The van der Waals surface area contributed by atoms with Crippen molar-refractivity contribution in [2.24, 2.45) is 0 Å². The molecule has 0 unspecified atom stereocenters. The monoisotopic (exact) mass is 407 g/mol. The number of aromatic nitrogens is 1. The standard InChI is InChI=1S/C21H17N3O2S2/c1-24(21(26)17-13-28-20(23-17)18-10-5-11-27-18)12-19(25)22-16-9-4-7-14-6-2-3-8-15(14)16/h2-11,13H,12H2,1H3,(H,22,25). The Hall–Kier alpha value is -3.03. The summed E-state index contributed by atoms with van der Waals surface area (Å²) in [5.74, 6) is -0.520. The van der Waals surface area contributed by atoms with Crippen molar-refractivity contribution in [1.82, 2.24) is 9.88 Å². The number of hydrogen-bond acceptors (Lipinski definition) is 5. The number of nitrogens with one attached hydrogen (secondary N) is 1. The molecule has 0 aliphatic rings. The molecule has 2 aromatic heterocycles. The lowest BCUT2D eigenvalue weighted by molar-refractivity contribution is -0.116. The first-order valence-corrected chi connectivity index (χ1v) is 10.4. The van der Waals surface area contributed by atoms with Gasteiger partial charge in [0.05, 0.1) is 11.4 Å². The largest absolute Gasteiger partial charge is 0.331 e. The number of anilines is 1. The van der Waals surface area contributed by atoms with E-state index in [1.54, 1.807) is 23.8 Å². The first-order chi connectivity index (χ1) is 13.6. The summed E-state index contributed by atoms with van der Waals surface area (Å²) in [5.41, 5.74) is 1.09. The Morgan fingerprint density at radius 1 is 1.04 bits per heavy atom. The van der Waals surface area contributed by atoms with Crippen molar-refractivity contribution < 1.29 is 9.59 Å². The molecular weight excluding hydrogens is 390 g/mol. The van der Waals surface area contributed by atoms with Gasteiger partial charge in [0.1, 0.15) is 10.7 Å². The number of amides is 2. The van der Waals surface area contributed by atoms with Gasteiger partial charge in [0.15, 0.2) is 0 Å². The number of benzene rings is 2. The summed E-state index contributed by atoms with van der Waals surface area (Å²) in [6, 6.07) is 17.5. The number of hydrogen-bond donors (Lipinski definition) is 1. The molecule has 0 fully saturated rings. The van der Waals surface area contributed by atoms with Gasteiger partial charge in [-0.15, -0.1) is 22.7 Å². The molecule has 0 atom stereocenters. The van der Waals surface area contributed by atoms with E-state index >= 15 is 0 Å². The van der Waals surface area contributed by atoms with Crippen LogP contribution in [0.4, 0.5) is 5.69 Å². The van der Waals surface area contributed by atoms with Crippen LogP contribution in [-0.2, 0) is 4.79 Å². The van der Waals surface area contributed by atoms with E-state index in [2.05, 4.69) is 10.3 Å². The number of rotatable bonds is 5. The lowest BCUT2D eigenvalue weighted by atomic mass is 10.1. The lowest BCUT2D eigenvalue weighted by Crippen LogP contribution is -2.35. The van der Waals surface area contributed by atoms with Gasteiger partial charge in [0.2, 0.25) is 5.91 Å². The van der Waals surface area contributed by atoms with Crippen molar-refractivity contribution in [2.45, 2.75) is 0 Å². The van der Waals surface area contributed by atoms with E-state index in [0.29, 0.717) is 5.69 Å². The van der Waals surface area contributed by atoms with Crippen LogP contribution in [0.5, 0.6) is 0 Å². The Morgan fingerprint density at radius 2 is 1.86 bits per heavy atom. The summed E-state index contributed by atoms with van der Waals surface area (Å²) >= 11 is 3.01. The molecule has 140 valence electrons. The van der Waals surface area contributed by atoms with Gasteiger partial charge in [-0.3, -0.25) is 9.59 Å². The highest BCUT2D eigenvalue weighted by molar-refractivity contribution is 7.20. The molecular formula is C21H17N3O2S2. The normalized spacial score (nSPS) is 10.8. The number of thiophene rings is 1. The third-order valence-corrected chi connectivity index (χ3v) is 6.13. The van der Waals surface area contributed by atoms with E-state index in [1.807, 2.05) is 60.0 Å². The van der Waals surface area contributed by atoms with Crippen molar-refractivity contribution >= 4 is 50.9 Å². The van der Waals surface area contributed by atoms with Gasteiger partial charge in [0, 0.05) is 23.5 Å². The van der Waals surface area contributed by atoms with Gasteiger partial charge in [-0.1, -0.05) is 42.5 Å². The quantitative estimate of drug-likeness (QED) is 0.520. The molecule has 0 aliphatic carbocycles. The predicted octanol–water partition coefficient (Wildman–Crippen LogP) is 4.74. The summed E-state index contributed by atoms with van der Waals surface area (Å²) in [4.78, 5) is 31.9. The third-order valence-electron chi connectivity index (χ3n) is 4.25. The van der Waals surface area contributed by atoms with E-state index in [9.17, 15) is 9.59 Å². The topological polar surface area (TPSA) is 62.3 Å². The zero-order valence-electron chi connectivity index (χ0n) is 15.1. The van der Waals surface area contributed by atoms with E-state index in [1.165, 1.54) is 16.2 Å². The molecule has 28 heavy (non-hydrogen) atoms. The van der Waals surface area contributed by atoms with Crippen molar-refractivity contribution in [1.29, 1.82) is 0 Å². The Balaban J connectivity index is 1.43. The summed E-state index contributed by atoms with van der Waals surface area (Å²) in [7, 11) is 1.61. The van der Waals surface area contributed by atoms with Crippen LogP contribution < -0.4 is 5.32 Å². The molecule has 2 heterocycles. The summed E-state index contributed by atoms with van der Waals surface area (Å²) in [6.45, 7) is -0.0477. The number of likely N-dealkylation sites (N-methyl/N-ethyl adjacent to an activating group) is 1. The summed E-state index contributed by atoms with van der Waals surface area (Å²) in [5, 5.41) is 9.43. The van der Waals surface area contributed by atoms with Gasteiger partial charge in [0.25, 0.3) is 5.91 Å². The SMILES string of the molecule is CN(CC(=O)Nc1cccc2ccccc12)C(=O)c1csc(-c2cccs2)n1. The zero-order valence-corrected chi connectivity index (χ0v) is 16.7. The van der Waals surface area contributed by atoms with E-state index < -0.39 is 0 Å². The number of carbonyl (C=O) groups excluding carboxylic acids is 2. The van der Waals surface area contributed by atoms with Crippen LogP contribution in [0.25, 0.3) is 20.7 Å². The average Bonchev–Trinajstić information content (AvgIpc) is 3.39. The minimum atomic E-state index is -0.271. The highest BCUT2D eigenvalue weighted by Gasteiger charge is 2.19. The summed E-state index contributed by atoms with van der Waals surface area (Å²) in [6.07, 6.45) is 0. The smallest absolute Gasteiger partial charge is 0.273 e. The van der Waals surface area contributed by atoms with Crippen LogP contribution >= 0.6 is 22.7 Å². The minimum Gasteiger partial charge on any atom is -0.331 e. The van der Waals surface area contributed by atoms with Crippen LogP contribution in [0.1, 0.15) is 10.5 Å². The molecule has 0 saturated heterocycles. The molecule has 0 radical (unpaired) electrons. The van der Waals surface area contributed by atoms with Crippen molar-refractivity contribution in [3.63, 3.8) is 0 Å². The molecule has 0 saturated carbocycles. The highest BCUT2D eigenvalue weighted by atomic mass is 32.1. The minimum absolute atomic E-state index is 0.0477. The molecule has 0 bridgehead atoms. The first-order valence-electron chi connectivity index (χ1n) is 8.64. The maximum absolute atomic E-state index is 12.6. The number of carbonyl (C=O) groups is 2. The molecule has 4 rings (SSSR count). The highest BCUT2D eigenvalue weighted by Crippen LogP contribution is 2.28. The molecule has 4 aromatic rings. The molecule has 5 nitrogen and oxygen atoms in total. The maximum Gasteiger partial charge on any atom is 0.273 e. The van der Waals surface area contributed by atoms with Gasteiger partial charge in [-0.2, -0.15) is 0 Å². The lowest BCUT2D eigenvalue weighted by Gasteiger charge is -2.16. The van der Waals surface area contributed by atoms with Crippen LogP contribution in [0.3, 0.4) is 0 Å². The molecule has 2 aromatic carbocycles. The predicted molar refractivity (Wildman–Crippen MR) is 115 cm³/mol. The van der Waals surface area contributed by atoms with Crippen LogP contribution in [0.15, 0.2) is 65.4 Å². The molecule has 1 N–H and O–H groups in total. The number of thiazole rings is 1. The van der Waals surface area contributed by atoms with Gasteiger partial charge in [-0.25, -0.2) is 4.98 Å². The van der Waals surface area contributed by atoms with Crippen LogP contribution in [0, 0.1) is 0 Å². The Kier molecular flexibility index (Phi) is 5.18. The fraction of sp³-hybridized carbons (Fsp3) is 0.0952. The van der Waals surface area contributed by atoms with Gasteiger partial charge >= 0.3 is 0 Å².